The van der Waals surface area contributed by atoms with Gasteiger partial charge in [-0.25, -0.2) is 4.79 Å². The molecule has 190 valence electrons. The molecule has 3 N–H and O–H groups in total. The number of nitrogens with one attached hydrogen (secondary N) is 2. The minimum absolute atomic E-state index is 0.170. The first-order chi connectivity index (χ1) is 17.1. The summed E-state index contributed by atoms with van der Waals surface area (Å²) < 4.78 is 31.7. The van der Waals surface area contributed by atoms with Crippen LogP contribution in [0.5, 0.6) is 0 Å². The van der Waals surface area contributed by atoms with Gasteiger partial charge in [-0.2, -0.15) is 13.2 Å². The summed E-state index contributed by atoms with van der Waals surface area (Å²) >= 11 is 5.99. The number of anilines is 1. The summed E-state index contributed by atoms with van der Waals surface area (Å²) in [6, 6.07) is 23.5. The molecule has 4 rings (SSSR count). The molecule has 0 bridgehead atoms. The second kappa shape index (κ2) is 12.5. The second-order valence-electron chi connectivity index (χ2n) is 8.07. The second-order valence-corrected chi connectivity index (χ2v) is 8.51. The van der Waals surface area contributed by atoms with Gasteiger partial charge in [0.2, 0.25) is 0 Å². The van der Waals surface area contributed by atoms with E-state index in [-0.39, 0.29) is 5.91 Å². The molecule has 0 atom stereocenters. The Morgan fingerprint density at radius 3 is 2.19 bits per heavy atom. The number of aliphatic carboxylic acids is 1. The molecule has 0 aliphatic carbocycles. The van der Waals surface area contributed by atoms with Crippen LogP contribution in [-0.2, 0) is 11.3 Å². The first-order valence-corrected chi connectivity index (χ1v) is 11.5. The zero-order valence-corrected chi connectivity index (χ0v) is 19.9. The Morgan fingerprint density at radius 2 is 1.58 bits per heavy atom. The van der Waals surface area contributed by atoms with Crippen LogP contribution in [-0.4, -0.2) is 54.2 Å². The van der Waals surface area contributed by atoms with Gasteiger partial charge in [-0.15, -0.1) is 0 Å². The van der Waals surface area contributed by atoms with Crippen molar-refractivity contribution in [2.45, 2.75) is 12.7 Å². The van der Waals surface area contributed by atoms with E-state index >= 15 is 0 Å². The van der Waals surface area contributed by atoms with E-state index < -0.39 is 12.1 Å². The van der Waals surface area contributed by atoms with Crippen LogP contribution in [0.25, 0.3) is 11.1 Å². The standard InChI is InChI=1S/C24H24ClN3O.C2HF3O2/c25-22-5-1-4-21(15-22)24(29)27-23-6-2-3-20(16-23)19-9-7-18(8-10-19)17-28-13-11-26-12-14-28;3-2(4,5)1(6)7/h1-10,15-16,26H,11-14,17H2,(H,27,29);(H,6,7). The number of rotatable bonds is 5. The SMILES string of the molecule is O=C(Nc1cccc(-c2ccc(CN3CCNCC3)cc2)c1)c1cccc(Cl)c1.O=C(O)C(F)(F)F. The Balaban J connectivity index is 0.000000454. The van der Waals surface area contributed by atoms with Gasteiger partial charge in [0.05, 0.1) is 0 Å². The molecular formula is C26H25ClF3N3O3. The first kappa shape index (κ1) is 27.2. The lowest BCUT2D eigenvalue weighted by Crippen LogP contribution is -2.42. The lowest BCUT2D eigenvalue weighted by atomic mass is 10.0. The van der Waals surface area contributed by atoms with Gasteiger partial charge in [-0.1, -0.05) is 54.1 Å². The van der Waals surface area contributed by atoms with Crippen molar-refractivity contribution in [1.29, 1.82) is 0 Å². The predicted molar refractivity (Wildman–Crippen MR) is 133 cm³/mol. The minimum atomic E-state index is -5.08. The third-order valence-corrected chi connectivity index (χ3v) is 5.59. The number of carbonyl (C=O) groups excluding carboxylic acids is 1. The molecule has 1 fully saturated rings. The molecule has 10 heteroatoms. The number of hydrogen-bond acceptors (Lipinski definition) is 4. The Kier molecular flexibility index (Phi) is 9.46. The van der Waals surface area contributed by atoms with E-state index in [9.17, 15) is 18.0 Å². The molecule has 36 heavy (non-hydrogen) atoms. The summed E-state index contributed by atoms with van der Waals surface area (Å²) in [5.41, 5.74) is 4.83. The molecule has 3 aromatic carbocycles. The van der Waals surface area contributed by atoms with Crippen LogP contribution >= 0.6 is 11.6 Å². The molecule has 0 radical (unpaired) electrons. The number of carboxylic acid groups (broad SMARTS) is 1. The van der Waals surface area contributed by atoms with Crippen molar-refractivity contribution in [2.24, 2.45) is 0 Å². The molecule has 0 aromatic heterocycles. The number of piperazine rings is 1. The highest BCUT2D eigenvalue weighted by Crippen LogP contribution is 2.24. The smallest absolute Gasteiger partial charge is 0.475 e. The summed E-state index contributed by atoms with van der Waals surface area (Å²) in [4.78, 5) is 23.8. The fourth-order valence-corrected chi connectivity index (χ4v) is 3.73. The van der Waals surface area contributed by atoms with Crippen molar-refractivity contribution in [2.75, 3.05) is 31.5 Å². The van der Waals surface area contributed by atoms with Crippen molar-refractivity contribution in [3.63, 3.8) is 0 Å². The van der Waals surface area contributed by atoms with Crippen molar-refractivity contribution in [3.8, 4) is 11.1 Å². The van der Waals surface area contributed by atoms with Gasteiger partial charge in [0.1, 0.15) is 0 Å². The number of nitrogens with zero attached hydrogens (tertiary/aromatic N) is 1. The van der Waals surface area contributed by atoms with Gasteiger partial charge in [0, 0.05) is 49.0 Å². The van der Waals surface area contributed by atoms with Crippen LogP contribution in [0.15, 0.2) is 72.8 Å². The normalized spacial score (nSPS) is 13.9. The maximum Gasteiger partial charge on any atom is 0.490 e. The number of carbonyl (C=O) groups is 2. The van der Waals surface area contributed by atoms with E-state index in [1.807, 2.05) is 18.2 Å². The Bertz CT molecular complexity index is 1180. The molecule has 1 aliphatic rings. The largest absolute Gasteiger partial charge is 0.490 e. The van der Waals surface area contributed by atoms with E-state index in [1.165, 1.54) is 5.56 Å². The molecule has 1 aliphatic heterocycles. The highest BCUT2D eigenvalue weighted by atomic mass is 35.5. The van der Waals surface area contributed by atoms with Crippen molar-refractivity contribution >= 4 is 29.2 Å². The van der Waals surface area contributed by atoms with Crippen LogP contribution in [0.4, 0.5) is 18.9 Å². The topological polar surface area (TPSA) is 81.7 Å². The maximum absolute atomic E-state index is 12.5. The molecular weight excluding hydrogens is 495 g/mol. The van der Waals surface area contributed by atoms with Crippen molar-refractivity contribution in [3.05, 3.63) is 88.9 Å². The number of amides is 1. The van der Waals surface area contributed by atoms with Gasteiger partial charge in [-0.05, 0) is 47.0 Å². The molecule has 3 aromatic rings. The van der Waals surface area contributed by atoms with Crippen LogP contribution in [0.3, 0.4) is 0 Å². The van der Waals surface area contributed by atoms with Gasteiger partial charge in [0.25, 0.3) is 5.91 Å². The Hall–Kier alpha value is -3.40. The van der Waals surface area contributed by atoms with E-state index in [0.29, 0.717) is 10.6 Å². The average Bonchev–Trinajstić information content (AvgIpc) is 2.85. The first-order valence-electron chi connectivity index (χ1n) is 11.1. The van der Waals surface area contributed by atoms with Crippen LogP contribution in [0.2, 0.25) is 5.02 Å². The van der Waals surface area contributed by atoms with E-state index in [0.717, 1.165) is 49.5 Å². The van der Waals surface area contributed by atoms with Gasteiger partial charge in [0.15, 0.2) is 0 Å². The zero-order chi connectivity index (χ0) is 26.1. The number of halogens is 4. The lowest BCUT2D eigenvalue weighted by molar-refractivity contribution is -0.192. The highest BCUT2D eigenvalue weighted by molar-refractivity contribution is 6.31. The molecule has 6 nitrogen and oxygen atoms in total. The zero-order valence-electron chi connectivity index (χ0n) is 19.2. The number of hydrogen-bond donors (Lipinski definition) is 3. The fraction of sp³-hybridized carbons (Fsp3) is 0.231. The lowest BCUT2D eigenvalue weighted by Gasteiger charge is -2.27. The average molecular weight is 520 g/mol. The van der Waals surface area contributed by atoms with Crippen molar-refractivity contribution in [1.82, 2.24) is 10.2 Å². The third-order valence-electron chi connectivity index (χ3n) is 5.35. The monoisotopic (exact) mass is 519 g/mol. The third kappa shape index (κ3) is 8.37. The molecule has 1 heterocycles. The quantitative estimate of drug-likeness (QED) is 0.426. The van der Waals surface area contributed by atoms with E-state index in [1.54, 1.807) is 24.3 Å². The molecule has 0 spiro atoms. The summed E-state index contributed by atoms with van der Waals surface area (Å²) in [5.74, 6) is -2.93. The van der Waals surface area contributed by atoms with Crippen LogP contribution in [0.1, 0.15) is 15.9 Å². The predicted octanol–water partition coefficient (Wildman–Crippen LogP) is 5.30. The van der Waals surface area contributed by atoms with Gasteiger partial charge < -0.3 is 15.7 Å². The van der Waals surface area contributed by atoms with Gasteiger partial charge >= 0.3 is 12.1 Å². The molecule has 1 amide bonds. The van der Waals surface area contributed by atoms with E-state index in [4.69, 9.17) is 21.5 Å². The minimum Gasteiger partial charge on any atom is -0.475 e. The van der Waals surface area contributed by atoms with Crippen molar-refractivity contribution < 1.29 is 27.9 Å². The Labute approximate surface area is 211 Å². The maximum atomic E-state index is 12.5. The van der Waals surface area contributed by atoms with E-state index in [2.05, 4.69) is 45.9 Å². The molecule has 0 saturated carbocycles. The fourth-order valence-electron chi connectivity index (χ4n) is 3.54. The summed E-state index contributed by atoms with van der Waals surface area (Å²) in [5, 5.41) is 14.0. The number of alkyl halides is 3. The number of benzene rings is 3. The van der Waals surface area contributed by atoms with Crippen LogP contribution < -0.4 is 10.6 Å². The highest BCUT2D eigenvalue weighted by Gasteiger charge is 2.38. The summed E-state index contributed by atoms with van der Waals surface area (Å²) in [6.45, 7) is 5.29. The molecule has 1 saturated heterocycles. The van der Waals surface area contributed by atoms with Crippen LogP contribution in [0, 0.1) is 0 Å². The summed E-state index contributed by atoms with van der Waals surface area (Å²) in [7, 11) is 0. The van der Waals surface area contributed by atoms with Gasteiger partial charge in [-0.3, -0.25) is 9.69 Å². The Morgan fingerprint density at radius 1 is 0.944 bits per heavy atom. The molecule has 0 unspecified atom stereocenters. The number of carboxylic acids is 1. The summed E-state index contributed by atoms with van der Waals surface area (Å²) in [6.07, 6.45) is -5.08.